The van der Waals surface area contributed by atoms with Crippen LogP contribution in [0.4, 0.5) is 5.69 Å². The van der Waals surface area contributed by atoms with Gasteiger partial charge in [-0.1, -0.05) is 47.6 Å². The molecule has 1 aromatic heterocycles. The summed E-state index contributed by atoms with van der Waals surface area (Å²) in [5.41, 5.74) is 0.769. The number of carbonyl (C=O) groups excluding carboxylic acids is 1. The number of benzene rings is 2. The molecule has 0 saturated carbocycles. The molecule has 3 rings (SSSR count). The predicted molar refractivity (Wildman–Crippen MR) is 107 cm³/mol. The maximum atomic E-state index is 12.1. The fourth-order valence-electron chi connectivity index (χ4n) is 2.45. The second-order valence-electron chi connectivity index (χ2n) is 5.82. The third-order valence-electron chi connectivity index (χ3n) is 3.73. The van der Waals surface area contributed by atoms with Gasteiger partial charge in [-0.3, -0.25) is 4.79 Å². The molecule has 0 aliphatic rings. The summed E-state index contributed by atoms with van der Waals surface area (Å²) in [6.45, 7) is 1.89. The number of halogens is 1. The zero-order valence-corrected chi connectivity index (χ0v) is 16.5. The molecule has 0 aliphatic heterocycles. The molecule has 1 heterocycles. The molecule has 0 radical (unpaired) electrons. The molecule has 0 saturated heterocycles. The van der Waals surface area contributed by atoms with E-state index in [0.29, 0.717) is 21.8 Å². The lowest BCUT2D eigenvalue weighted by molar-refractivity contribution is -0.113. The average molecular weight is 403 g/mol. The lowest BCUT2D eigenvalue weighted by Crippen LogP contribution is -2.14. The molecule has 3 aromatic rings. The summed E-state index contributed by atoms with van der Waals surface area (Å²) < 4.78 is 7.71. The van der Waals surface area contributed by atoms with Crippen molar-refractivity contribution < 1.29 is 9.53 Å². The second kappa shape index (κ2) is 8.92. The fourth-order valence-corrected chi connectivity index (χ4v) is 3.35. The van der Waals surface area contributed by atoms with E-state index in [9.17, 15) is 4.79 Å². The fraction of sp³-hybridized carbons (Fsp3) is 0.211. The summed E-state index contributed by atoms with van der Waals surface area (Å²) in [7, 11) is 1.85. The standard InChI is InChI=1S/C19H19ClN4O2S/c1-13(26-16-10-6-7-14(20)11-16)18-22-23-19(24(18)2)27-12-17(25)21-15-8-4-3-5-9-15/h3-11,13H,12H2,1-2H3,(H,21,25). The van der Waals surface area contributed by atoms with Crippen LogP contribution in [0.2, 0.25) is 5.02 Å². The Kier molecular flexibility index (Phi) is 6.36. The maximum absolute atomic E-state index is 12.1. The van der Waals surface area contributed by atoms with Crippen molar-refractivity contribution in [3.05, 3.63) is 65.4 Å². The molecule has 27 heavy (non-hydrogen) atoms. The predicted octanol–water partition coefficient (Wildman–Crippen LogP) is 4.34. The van der Waals surface area contributed by atoms with Crippen molar-refractivity contribution >= 4 is 35.0 Å². The van der Waals surface area contributed by atoms with Gasteiger partial charge in [-0.05, 0) is 37.3 Å². The molecular formula is C19H19ClN4O2S. The van der Waals surface area contributed by atoms with Crippen molar-refractivity contribution in [2.24, 2.45) is 7.05 Å². The van der Waals surface area contributed by atoms with Gasteiger partial charge >= 0.3 is 0 Å². The Morgan fingerprint density at radius 1 is 1.22 bits per heavy atom. The van der Waals surface area contributed by atoms with E-state index in [0.717, 1.165) is 5.69 Å². The Morgan fingerprint density at radius 3 is 2.74 bits per heavy atom. The molecule has 1 N–H and O–H groups in total. The van der Waals surface area contributed by atoms with Gasteiger partial charge in [-0.25, -0.2) is 0 Å². The number of carbonyl (C=O) groups is 1. The highest BCUT2D eigenvalue weighted by Gasteiger charge is 2.18. The van der Waals surface area contributed by atoms with E-state index in [-0.39, 0.29) is 17.8 Å². The second-order valence-corrected chi connectivity index (χ2v) is 7.20. The van der Waals surface area contributed by atoms with Crippen molar-refractivity contribution in [2.45, 2.75) is 18.2 Å². The number of hydrogen-bond acceptors (Lipinski definition) is 5. The van der Waals surface area contributed by atoms with Crippen molar-refractivity contribution in [3.63, 3.8) is 0 Å². The van der Waals surface area contributed by atoms with Gasteiger partial charge < -0.3 is 14.6 Å². The van der Waals surface area contributed by atoms with Gasteiger partial charge in [0.05, 0.1) is 5.75 Å². The molecule has 140 valence electrons. The number of hydrogen-bond donors (Lipinski definition) is 1. The van der Waals surface area contributed by atoms with E-state index in [2.05, 4.69) is 15.5 Å². The number of thioether (sulfide) groups is 1. The minimum absolute atomic E-state index is 0.0982. The molecule has 2 aromatic carbocycles. The summed E-state index contributed by atoms with van der Waals surface area (Å²) in [6, 6.07) is 16.5. The number of para-hydroxylation sites is 1. The first-order valence-electron chi connectivity index (χ1n) is 8.32. The van der Waals surface area contributed by atoms with Crippen LogP contribution in [-0.2, 0) is 11.8 Å². The van der Waals surface area contributed by atoms with Crippen LogP contribution in [0.1, 0.15) is 18.9 Å². The maximum Gasteiger partial charge on any atom is 0.234 e. The van der Waals surface area contributed by atoms with Crippen LogP contribution in [0.15, 0.2) is 59.8 Å². The zero-order valence-electron chi connectivity index (χ0n) is 14.9. The van der Waals surface area contributed by atoms with Crippen LogP contribution in [0.5, 0.6) is 5.75 Å². The van der Waals surface area contributed by atoms with Gasteiger partial charge in [-0.2, -0.15) is 0 Å². The van der Waals surface area contributed by atoms with Gasteiger partial charge in [0.2, 0.25) is 5.91 Å². The van der Waals surface area contributed by atoms with Crippen LogP contribution in [-0.4, -0.2) is 26.4 Å². The van der Waals surface area contributed by atoms with Crippen molar-refractivity contribution in [3.8, 4) is 5.75 Å². The Hall–Kier alpha value is -2.51. The third kappa shape index (κ3) is 5.24. The monoisotopic (exact) mass is 402 g/mol. The first-order chi connectivity index (χ1) is 13.0. The van der Waals surface area contributed by atoms with E-state index in [1.807, 2.05) is 61.0 Å². The van der Waals surface area contributed by atoms with Crippen molar-refractivity contribution in [2.75, 3.05) is 11.1 Å². The van der Waals surface area contributed by atoms with E-state index >= 15 is 0 Å². The smallest absolute Gasteiger partial charge is 0.234 e. The first kappa shape index (κ1) is 19.3. The van der Waals surface area contributed by atoms with Crippen molar-refractivity contribution in [1.82, 2.24) is 14.8 Å². The molecule has 0 spiro atoms. The molecular weight excluding hydrogens is 384 g/mol. The molecule has 6 nitrogen and oxygen atoms in total. The lowest BCUT2D eigenvalue weighted by atomic mass is 10.3. The SMILES string of the molecule is CC(Oc1cccc(Cl)c1)c1nnc(SCC(=O)Nc2ccccc2)n1C. The molecule has 1 unspecified atom stereocenters. The normalized spacial score (nSPS) is 11.8. The highest BCUT2D eigenvalue weighted by Crippen LogP contribution is 2.25. The van der Waals surface area contributed by atoms with E-state index in [1.54, 1.807) is 12.1 Å². The summed E-state index contributed by atoms with van der Waals surface area (Å²) >= 11 is 7.31. The Labute approximate surface area is 166 Å². The highest BCUT2D eigenvalue weighted by molar-refractivity contribution is 7.99. The molecule has 0 aliphatic carbocycles. The minimum atomic E-state index is -0.312. The van der Waals surface area contributed by atoms with Crippen LogP contribution < -0.4 is 10.1 Å². The number of ether oxygens (including phenoxy) is 1. The largest absolute Gasteiger partial charge is 0.483 e. The van der Waals surface area contributed by atoms with Crippen LogP contribution in [0.3, 0.4) is 0 Å². The summed E-state index contributed by atoms with van der Waals surface area (Å²) in [4.78, 5) is 12.1. The Balaban J connectivity index is 1.58. The Bertz CT molecular complexity index is 917. The summed E-state index contributed by atoms with van der Waals surface area (Å²) in [5, 5.41) is 12.5. The summed E-state index contributed by atoms with van der Waals surface area (Å²) in [5.74, 6) is 1.47. The van der Waals surface area contributed by atoms with Gasteiger partial charge in [-0.15, -0.1) is 10.2 Å². The molecule has 1 amide bonds. The number of amides is 1. The van der Waals surface area contributed by atoms with Crippen molar-refractivity contribution in [1.29, 1.82) is 0 Å². The first-order valence-corrected chi connectivity index (χ1v) is 9.68. The number of anilines is 1. The minimum Gasteiger partial charge on any atom is -0.483 e. The molecule has 8 heteroatoms. The van der Waals surface area contributed by atoms with Gasteiger partial charge in [0.1, 0.15) is 5.75 Å². The number of aromatic nitrogens is 3. The lowest BCUT2D eigenvalue weighted by Gasteiger charge is -2.14. The van der Waals surface area contributed by atoms with Gasteiger partial charge in [0.15, 0.2) is 17.1 Å². The average Bonchev–Trinajstić information content (AvgIpc) is 3.01. The Morgan fingerprint density at radius 2 is 2.00 bits per heavy atom. The van der Waals surface area contributed by atoms with Crippen LogP contribution in [0, 0.1) is 0 Å². The quantitative estimate of drug-likeness (QED) is 0.595. The topological polar surface area (TPSA) is 69.0 Å². The van der Waals surface area contributed by atoms with Gasteiger partial charge in [0, 0.05) is 17.8 Å². The molecule has 0 fully saturated rings. The van der Waals surface area contributed by atoms with E-state index in [4.69, 9.17) is 16.3 Å². The number of nitrogens with zero attached hydrogens (tertiary/aromatic N) is 3. The van der Waals surface area contributed by atoms with E-state index in [1.165, 1.54) is 11.8 Å². The molecule has 1 atom stereocenters. The number of rotatable bonds is 7. The molecule has 0 bridgehead atoms. The zero-order chi connectivity index (χ0) is 19.2. The van der Waals surface area contributed by atoms with Crippen LogP contribution in [0.25, 0.3) is 0 Å². The van der Waals surface area contributed by atoms with Gasteiger partial charge in [0.25, 0.3) is 0 Å². The van der Waals surface area contributed by atoms with Crippen LogP contribution >= 0.6 is 23.4 Å². The van der Waals surface area contributed by atoms with E-state index < -0.39 is 0 Å². The highest BCUT2D eigenvalue weighted by atomic mass is 35.5. The number of nitrogens with one attached hydrogen (secondary N) is 1. The summed E-state index contributed by atoms with van der Waals surface area (Å²) in [6.07, 6.45) is -0.312. The third-order valence-corrected chi connectivity index (χ3v) is 4.99.